The molecule has 144 valence electrons. The van der Waals surface area contributed by atoms with Gasteiger partial charge in [-0.05, 0) is 75.3 Å². The number of carbonyl (C=O) groups excluding carboxylic acids is 2. The molecule has 1 heterocycles. The number of fused-ring (bicyclic) bond motifs is 1. The summed E-state index contributed by atoms with van der Waals surface area (Å²) in [6, 6.07) is 7.99. The molecule has 5 nitrogen and oxygen atoms in total. The van der Waals surface area contributed by atoms with Crippen molar-refractivity contribution in [2.45, 2.75) is 63.5 Å². The Morgan fingerprint density at radius 1 is 1.19 bits per heavy atom. The van der Waals surface area contributed by atoms with E-state index >= 15 is 0 Å². The Labute approximate surface area is 159 Å². The third-order valence-electron chi connectivity index (χ3n) is 7.27. The maximum Gasteiger partial charge on any atom is 0.312 e. The van der Waals surface area contributed by atoms with E-state index in [0.717, 1.165) is 49.8 Å². The number of amides is 1. The molecule has 0 radical (unpaired) electrons. The highest BCUT2D eigenvalue weighted by Gasteiger charge is 2.61. The van der Waals surface area contributed by atoms with E-state index in [-0.39, 0.29) is 24.5 Å². The van der Waals surface area contributed by atoms with Gasteiger partial charge in [-0.25, -0.2) is 0 Å². The summed E-state index contributed by atoms with van der Waals surface area (Å²) < 4.78 is 5.57. The number of ether oxygens (including phenoxy) is 1. The fraction of sp³-hybridized carbons (Fsp3) is 0.636. The normalized spacial score (nSPS) is 38.7. The zero-order valence-electron chi connectivity index (χ0n) is 15.8. The average molecular weight is 369 g/mol. The standard InChI is InChI=1S/C22H27NO4/c1-14-6-17-4-2-3-5-18(17)23(14)19(24)12-27-20(25)21-8-15-7-16(9-21)11-22(26,10-15)13-21/h2-5,14-16,26H,6-13H2,1H3/t14-,15-,16+,21?,22?/m0/s1. The molecule has 1 N–H and O–H groups in total. The Morgan fingerprint density at radius 3 is 2.59 bits per heavy atom. The molecule has 4 saturated carbocycles. The molecule has 5 heteroatoms. The lowest BCUT2D eigenvalue weighted by Crippen LogP contribution is -2.58. The van der Waals surface area contributed by atoms with Crippen molar-refractivity contribution in [3.8, 4) is 0 Å². The van der Waals surface area contributed by atoms with Crippen molar-refractivity contribution in [3.63, 3.8) is 0 Å². The van der Waals surface area contributed by atoms with Gasteiger partial charge in [0.25, 0.3) is 5.91 Å². The van der Waals surface area contributed by atoms with Crippen LogP contribution in [0.5, 0.6) is 0 Å². The monoisotopic (exact) mass is 369 g/mol. The van der Waals surface area contributed by atoms with Crippen LogP contribution in [0.25, 0.3) is 0 Å². The van der Waals surface area contributed by atoms with Crippen LogP contribution in [0.1, 0.15) is 51.0 Å². The number of carbonyl (C=O) groups is 2. The molecule has 27 heavy (non-hydrogen) atoms. The van der Waals surface area contributed by atoms with Gasteiger partial charge in [-0.1, -0.05) is 18.2 Å². The molecule has 4 fully saturated rings. The Kier molecular flexibility index (Phi) is 3.71. The fourth-order valence-corrected chi connectivity index (χ4v) is 6.75. The summed E-state index contributed by atoms with van der Waals surface area (Å²) in [5.74, 6) is 0.405. The SMILES string of the molecule is C[C@H]1Cc2ccccc2N1C(=O)COC(=O)C12C[C@@H]3C[C@@H](CC(O)(C3)C1)C2. The Bertz CT molecular complexity index is 789. The second kappa shape index (κ2) is 5.81. The summed E-state index contributed by atoms with van der Waals surface area (Å²) in [6.07, 6.45) is 5.71. The molecule has 1 amide bonds. The highest BCUT2D eigenvalue weighted by atomic mass is 16.5. The van der Waals surface area contributed by atoms with Gasteiger partial charge in [0, 0.05) is 11.7 Å². The van der Waals surface area contributed by atoms with Gasteiger partial charge in [0.1, 0.15) is 0 Å². The van der Waals surface area contributed by atoms with Gasteiger partial charge >= 0.3 is 5.97 Å². The molecule has 0 spiro atoms. The van der Waals surface area contributed by atoms with Crippen LogP contribution < -0.4 is 4.90 Å². The van der Waals surface area contributed by atoms with Crippen molar-refractivity contribution in [1.82, 2.24) is 0 Å². The van der Waals surface area contributed by atoms with Crippen molar-refractivity contribution in [2.24, 2.45) is 17.3 Å². The summed E-state index contributed by atoms with van der Waals surface area (Å²) >= 11 is 0. The molecule has 5 atom stereocenters. The van der Waals surface area contributed by atoms with Crippen LogP contribution in [0.15, 0.2) is 24.3 Å². The molecule has 1 aromatic carbocycles. The quantitative estimate of drug-likeness (QED) is 0.832. The molecular formula is C22H27NO4. The van der Waals surface area contributed by atoms with E-state index < -0.39 is 11.0 Å². The average Bonchev–Trinajstić information content (AvgIpc) is 2.93. The molecule has 0 aromatic heterocycles. The molecule has 1 aliphatic heterocycles. The smallest absolute Gasteiger partial charge is 0.312 e. The second-order valence-electron chi connectivity index (χ2n) is 9.49. The van der Waals surface area contributed by atoms with E-state index in [1.807, 2.05) is 31.2 Å². The lowest BCUT2D eigenvalue weighted by Gasteiger charge is -2.58. The van der Waals surface area contributed by atoms with Crippen molar-refractivity contribution in [3.05, 3.63) is 29.8 Å². The number of benzene rings is 1. The van der Waals surface area contributed by atoms with Crippen molar-refractivity contribution < 1.29 is 19.4 Å². The first-order chi connectivity index (χ1) is 12.9. The van der Waals surface area contributed by atoms with Gasteiger partial charge in [0.2, 0.25) is 0 Å². The second-order valence-corrected chi connectivity index (χ2v) is 9.49. The van der Waals surface area contributed by atoms with E-state index in [1.54, 1.807) is 4.90 Å². The molecule has 2 unspecified atom stereocenters. The minimum Gasteiger partial charge on any atom is -0.455 e. The van der Waals surface area contributed by atoms with E-state index in [9.17, 15) is 14.7 Å². The van der Waals surface area contributed by atoms with E-state index in [0.29, 0.717) is 18.3 Å². The molecule has 6 rings (SSSR count). The number of hydrogen-bond acceptors (Lipinski definition) is 4. The molecule has 4 bridgehead atoms. The number of nitrogens with zero attached hydrogens (tertiary/aromatic N) is 1. The zero-order valence-corrected chi connectivity index (χ0v) is 15.8. The number of hydrogen-bond donors (Lipinski definition) is 1. The lowest BCUT2D eigenvalue weighted by atomic mass is 9.48. The largest absolute Gasteiger partial charge is 0.455 e. The molecule has 0 saturated heterocycles. The number of aliphatic hydroxyl groups is 1. The summed E-state index contributed by atoms with van der Waals surface area (Å²) in [5.41, 5.74) is 0.812. The Hall–Kier alpha value is -1.88. The molecule has 1 aromatic rings. The summed E-state index contributed by atoms with van der Waals surface area (Å²) in [4.78, 5) is 27.6. The maximum atomic E-state index is 13.0. The van der Waals surface area contributed by atoms with E-state index in [1.165, 1.54) is 0 Å². The zero-order chi connectivity index (χ0) is 18.8. The lowest BCUT2D eigenvalue weighted by molar-refractivity contribution is -0.196. The highest BCUT2D eigenvalue weighted by molar-refractivity contribution is 5.98. The third kappa shape index (κ3) is 2.70. The maximum absolute atomic E-state index is 13.0. The first-order valence-electron chi connectivity index (χ1n) is 10.2. The van der Waals surface area contributed by atoms with Crippen LogP contribution in [0, 0.1) is 17.3 Å². The molecule has 4 aliphatic carbocycles. The van der Waals surface area contributed by atoms with Gasteiger partial charge in [0.05, 0.1) is 11.0 Å². The van der Waals surface area contributed by atoms with Crippen LogP contribution in [-0.2, 0) is 20.7 Å². The van der Waals surface area contributed by atoms with Crippen LogP contribution in [0.2, 0.25) is 0 Å². The first-order valence-corrected chi connectivity index (χ1v) is 10.2. The molecular weight excluding hydrogens is 342 g/mol. The minimum absolute atomic E-state index is 0.0777. The minimum atomic E-state index is -0.699. The Morgan fingerprint density at radius 2 is 1.89 bits per heavy atom. The first kappa shape index (κ1) is 17.2. The van der Waals surface area contributed by atoms with Crippen molar-refractivity contribution in [2.75, 3.05) is 11.5 Å². The predicted molar refractivity (Wildman–Crippen MR) is 100 cm³/mol. The summed E-state index contributed by atoms with van der Waals surface area (Å²) in [6.45, 7) is 1.81. The van der Waals surface area contributed by atoms with Gasteiger partial charge in [0.15, 0.2) is 6.61 Å². The summed E-state index contributed by atoms with van der Waals surface area (Å²) in [5, 5.41) is 10.8. The summed E-state index contributed by atoms with van der Waals surface area (Å²) in [7, 11) is 0. The predicted octanol–water partition coefficient (Wildman–Crippen LogP) is 2.84. The van der Waals surface area contributed by atoms with E-state index in [4.69, 9.17) is 4.74 Å². The Balaban J connectivity index is 1.28. The van der Waals surface area contributed by atoms with Crippen LogP contribution in [-0.4, -0.2) is 35.2 Å². The van der Waals surface area contributed by atoms with E-state index in [2.05, 4.69) is 0 Å². The number of rotatable bonds is 3. The number of esters is 1. The van der Waals surface area contributed by atoms with Crippen molar-refractivity contribution >= 4 is 17.6 Å². The van der Waals surface area contributed by atoms with Crippen LogP contribution >= 0.6 is 0 Å². The van der Waals surface area contributed by atoms with Gasteiger partial charge in [-0.15, -0.1) is 0 Å². The number of para-hydroxylation sites is 1. The molecule has 5 aliphatic rings. The van der Waals surface area contributed by atoms with Crippen LogP contribution in [0.3, 0.4) is 0 Å². The van der Waals surface area contributed by atoms with Gasteiger partial charge < -0.3 is 14.7 Å². The highest BCUT2D eigenvalue weighted by Crippen LogP contribution is 2.62. The topological polar surface area (TPSA) is 66.8 Å². The fourth-order valence-electron chi connectivity index (χ4n) is 6.75. The van der Waals surface area contributed by atoms with Crippen molar-refractivity contribution in [1.29, 1.82) is 0 Å². The van der Waals surface area contributed by atoms with Crippen LogP contribution in [0.4, 0.5) is 5.69 Å². The number of anilines is 1. The third-order valence-corrected chi connectivity index (χ3v) is 7.27. The van der Waals surface area contributed by atoms with Gasteiger partial charge in [-0.3, -0.25) is 9.59 Å². The van der Waals surface area contributed by atoms with Gasteiger partial charge in [-0.2, -0.15) is 0 Å².